The Morgan fingerprint density at radius 1 is 1.12 bits per heavy atom. The molecule has 2 fully saturated rings. The number of alkyl halides is 3. The van der Waals surface area contributed by atoms with E-state index in [-0.39, 0.29) is 30.6 Å². The minimum absolute atomic E-state index is 0.0869. The number of nitrogens with zero attached hydrogens (tertiary/aromatic N) is 2. The largest absolute Gasteiger partial charge is 0.755 e. The number of hydrogen-bond acceptors (Lipinski definition) is 6. The molecule has 1 aliphatic carbocycles. The number of carbonyl (C=O) groups is 1. The predicted molar refractivity (Wildman–Crippen MR) is 135 cm³/mol. The van der Waals surface area contributed by atoms with Crippen molar-refractivity contribution >= 4 is 17.2 Å². The maximum Gasteiger partial charge on any atom is 0.419 e. The summed E-state index contributed by atoms with van der Waals surface area (Å²) >= 11 is -2.83. The highest BCUT2D eigenvalue weighted by atomic mass is 32.2. The van der Waals surface area contributed by atoms with Crippen molar-refractivity contribution in [1.29, 1.82) is 0 Å². The standard InChI is InChI=1S/C27H31F5N2O5S/c1-33(40(36)37)26(35)20-12-19(17-3-4-17)25(13-23(20)29)39-14-16-7-9-34(10-8-16)24(15-38-2)18-5-6-22(28)21(11-18)27(30,31)32/h5-6,11-13,16-17,24H,3-4,7-10,14-15H2,1-2H3,(H,36,37)/p-1/t24-/m1/s1. The van der Waals surface area contributed by atoms with Gasteiger partial charge in [0, 0.05) is 31.5 Å². The number of halogens is 5. The van der Waals surface area contributed by atoms with E-state index in [1.807, 2.05) is 4.90 Å². The molecule has 1 heterocycles. The van der Waals surface area contributed by atoms with Crippen LogP contribution in [0.15, 0.2) is 30.3 Å². The first-order chi connectivity index (χ1) is 18.9. The second-order valence-electron chi connectivity index (χ2n) is 10.2. The summed E-state index contributed by atoms with van der Waals surface area (Å²) in [6, 6.07) is 5.01. The van der Waals surface area contributed by atoms with Crippen LogP contribution in [0.4, 0.5) is 22.0 Å². The van der Waals surface area contributed by atoms with E-state index in [4.69, 9.17) is 9.47 Å². The number of amides is 1. The molecule has 40 heavy (non-hydrogen) atoms. The second kappa shape index (κ2) is 12.5. The Morgan fingerprint density at radius 2 is 1.80 bits per heavy atom. The third-order valence-corrected chi connectivity index (χ3v) is 8.04. The van der Waals surface area contributed by atoms with Gasteiger partial charge in [0.15, 0.2) is 0 Å². The van der Waals surface area contributed by atoms with Gasteiger partial charge in [0.25, 0.3) is 5.91 Å². The van der Waals surface area contributed by atoms with Crippen molar-refractivity contribution in [1.82, 2.24) is 9.21 Å². The van der Waals surface area contributed by atoms with Crippen LogP contribution >= 0.6 is 0 Å². The number of rotatable bonds is 10. The quantitative estimate of drug-likeness (QED) is 0.280. The van der Waals surface area contributed by atoms with Gasteiger partial charge in [0.2, 0.25) is 0 Å². The summed E-state index contributed by atoms with van der Waals surface area (Å²) in [5.41, 5.74) is -0.679. The van der Waals surface area contributed by atoms with Crippen molar-refractivity contribution in [3.8, 4) is 5.75 Å². The second-order valence-corrected chi connectivity index (χ2v) is 11.1. The van der Waals surface area contributed by atoms with Gasteiger partial charge in [0.1, 0.15) is 17.4 Å². The predicted octanol–water partition coefficient (Wildman–Crippen LogP) is 5.21. The summed E-state index contributed by atoms with van der Waals surface area (Å²) in [4.78, 5) is 14.4. The first-order valence-corrected chi connectivity index (χ1v) is 13.9. The van der Waals surface area contributed by atoms with E-state index in [0.717, 1.165) is 38.1 Å². The van der Waals surface area contributed by atoms with E-state index in [1.54, 1.807) is 0 Å². The molecule has 0 N–H and O–H groups in total. The topological polar surface area (TPSA) is 82.1 Å². The van der Waals surface area contributed by atoms with Gasteiger partial charge in [-0.3, -0.25) is 18.2 Å². The Bertz CT molecular complexity index is 1250. The molecule has 1 aliphatic heterocycles. The van der Waals surface area contributed by atoms with Gasteiger partial charge in [-0.15, -0.1) is 0 Å². The maximum atomic E-state index is 14.8. The highest BCUT2D eigenvalue weighted by Crippen LogP contribution is 2.45. The van der Waals surface area contributed by atoms with Crippen molar-refractivity contribution < 1.29 is 45.0 Å². The molecule has 2 aliphatic rings. The fraction of sp³-hybridized carbons (Fsp3) is 0.519. The highest BCUT2D eigenvalue weighted by Gasteiger charge is 2.36. The number of methoxy groups -OCH3 is 1. The first kappa shape index (κ1) is 30.4. The van der Waals surface area contributed by atoms with Gasteiger partial charge in [0.05, 0.1) is 30.4 Å². The lowest BCUT2D eigenvalue weighted by molar-refractivity contribution is -0.140. The average Bonchev–Trinajstić information content (AvgIpc) is 3.75. The normalized spacial score (nSPS) is 18.4. The third kappa shape index (κ3) is 6.99. The molecular formula is C27H30F5N2O5S-. The van der Waals surface area contributed by atoms with Crippen LogP contribution in [0, 0.1) is 17.6 Å². The van der Waals surface area contributed by atoms with Crippen molar-refractivity contribution in [2.75, 3.05) is 40.5 Å². The molecule has 4 rings (SSSR count). The van der Waals surface area contributed by atoms with Gasteiger partial charge in [-0.25, -0.2) is 8.78 Å². The molecule has 0 aromatic heterocycles. The van der Waals surface area contributed by atoms with E-state index >= 15 is 0 Å². The van der Waals surface area contributed by atoms with Crippen LogP contribution in [0.5, 0.6) is 5.75 Å². The molecule has 0 radical (unpaired) electrons. The zero-order chi connectivity index (χ0) is 29.2. The van der Waals surface area contributed by atoms with Crippen LogP contribution in [0.3, 0.4) is 0 Å². The Balaban J connectivity index is 1.42. The molecule has 0 spiro atoms. The number of piperidine rings is 1. The molecule has 1 saturated heterocycles. The van der Waals surface area contributed by atoms with Crippen LogP contribution in [0.1, 0.15) is 64.7 Å². The van der Waals surface area contributed by atoms with Gasteiger partial charge in [-0.2, -0.15) is 13.2 Å². The fourth-order valence-electron chi connectivity index (χ4n) is 4.99. The highest BCUT2D eigenvalue weighted by molar-refractivity contribution is 7.77. The molecule has 1 unspecified atom stereocenters. The van der Waals surface area contributed by atoms with Gasteiger partial charge < -0.3 is 14.0 Å². The number of carbonyl (C=O) groups excluding carboxylic acids is 1. The Morgan fingerprint density at radius 3 is 2.38 bits per heavy atom. The summed E-state index contributed by atoms with van der Waals surface area (Å²) in [5, 5.41) is 0. The number of benzene rings is 2. The summed E-state index contributed by atoms with van der Waals surface area (Å²) in [6.45, 7) is 1.48. The van der Waals surface area contributed by atoms with Gasteiger partial charge >= 0.3 is 6.18 Å². The molecule has 2 atom stereocenters. The van der Waals surface area contributed by atoms with E-state index in [2.05, 4.69) is 0 Å². The molecular weight excluding hydrogens is 559 g/mol. The Hall–Kier alpha value is -2.61. The van der Waals surface area contributed by atoms with Crippen LogP contribution in [0.2, 0.25) is 0 Å². The first-order valence-electron chi connectivity index (χ1n) is 12.8. The van der Waals surface area contributed by atoms with Crippen LogP contribution < -0.4 is 4.74 Å². The number of likely N-dealkylation sites (tertiary alicyclic amines) is 1. The SMILES string of the molecule is COC[C@H](c1ccc(F)c(C(F)(F)F)c1)N1CCC(COc2cc(F)c(C(=O)N(C)S(=O)[O-])cc2C2CC2)CC1. The lowest BCUT2D eigenvalue weighted by Gasteiger charge is -2.37. The molecule has 2 aromatic carbocycles. The molecule has 1 amide bonds. The van der Waals surface area contributed by atoms with Crippen molar-refractivity contribution in [2.24, 2.45) is 5.92 Å². The van der Waals surface area contributed by atoms with Crippen molar-refractivity contribution in [3.05, 3.63) is 64.2 Å². The Labute approximate surface area is 231 Å². The summed E-state index contributed by atoms with van der Waals surface area (Å²) in [6.07, 6.45) is -1.80. The smallest absolute Gasteiger partial charge is 0.419 e. The summed E-state index contributed by atoms with van der Waals surface area (Å²) in [5.74, 6) is -2.68. The minimum Gasteiger partial charge on any atom is -0.755 e. The summed E-state index contributed by atoms with van der Waals surface area (Å²) in [7, 11) is 2.50. The lowest BCUT2D eigenvalue weighted by Crippen LogP contribution is -2.40. The molecule has 220 valence electrons. The van der Waals surface area contributed by atoms with E-state index in [0.29, 0.717) is 47.1 Å². The zero-order valence-corrected chi connectivity index (χ0v) is 22.8. The van der Waals surface area contributed by atoms with E-state index < -0.39 is 46.6 Å². The third-order valence-electron chi connectivity index (χ3n) is 7.43. The molecule has 7 nitrogen and oxygen atoms in total. The summed E-state index contributed by atoms with van der Waals surface area (Å²) < 4.78 is 102. The van der Waals surface area contributed by atoms with E-state index in [9.17, 15) is 35.5 Å². The molecule has 13 heteroatoms. The maximum absolute atomic E-state index is 14.8. The average molecular weight is 590 g/mol. The van der Waals surface area contributed by atoms with Gasteiger partial charge in [-0.05, 0) is 79.9 Å². The molecule has 0 bridgehead atoms. The monoisotopic (exact) mass is 589 g/mol. The van der Waals surface area contributed by atoms with Crippen molar-refractivity contribution in [3.63, 3.8) is 0 Å². The van der Waals surface area contributed by atoms with Gasteiger partial charge in [-0.1, -0.05) is 6.07 Å². The Kier molecular flexibility index (Phi) is 9.48. The number of ether oxygens (including phenoxy) is 2. The van der Waals surface area contributed by atoms with Crippen LogP contribution in [-0.2, 0) is 22.2 Å². The van der Waals surface area contributed by atoms with Crippen molar-refractivity contribution in [2.45, 2.75) is 43.8 Å². The molecule has 2 aromatic rings. The van der Waals surface area contributed by atoms with Crippen LogP contribution in [-0.4, -0.2) is 64.3 Å². The zero-order valence-electron chi connectivity index (χ0n) is 22.0. The molecule has 1 saturated carbocycles. The lowest BCUT2D eigenvalue weighted by atomic mass is 9.94. The fourth-order valence-corrected chi connectivity index (χ4v) is 5.22. The van der Waals surface area contributed by atoms with E-state index in [1.165, 1.54) is 19.2 Å². The number of hydrogen-bond donors (Lipinski definition) is 0. The minimum atomic E-state index is -4.81. The van der Waals surface area contributed by atoms with Crippen LogP contribution in [0.25, 0.3) is 0 Å².